The molecule has 0 bridgehead atoms. The second kappa shape index (κ2) is 13.8. The van der Waals surface area contributed by atoms with Gasteiger partial charge in [-0.1, -0.05) is 84.9 Å². The highest BCUT2D eigenvalue weighted by atomic mass is 32.2. The van der Waals surface area contributed by atoms with Crippen LogP contribution in [0.15, 0.2) is 120 Å². The molecular weight excluding hydrogens is 547 g/mol. The Morgan fingerprint density at radius 3 is 2.31 bits per heavy atom. The highest BCUT2D eigenvalue weighted by Crippen LogP contribution is 2.38. The number of nitrogens with zero attached hydrogens (tertiary/aromatic N) is 2. The maximum absolute atomic E-state index is 14.2. The van der Waals surface area contributed by atoms with E-state index in [4.69, 9.17) is 14.5 Å². The van der Waals surface area contributed by atoms with E-state index in [0.717, 1.165) is 22.3 Å². The maximum atomic E-state index is 14.2. The lowest BCUT2D eigenvalue weighted by Gasteiger charge is -2.16. The first-order valence-corrected chi connectivity index (χ1v) is 14.4. The van der Waals surface area contributed by atoms with E-state index in [1.54, 1.807) is 36.3 Å². The molecule has 0 atom stereocenters. The lowest BCUT2D eigenvalue weighted by molar-refractivity contribution is -0.122. The summed E-state index contributed by atoms with van der Waals surface area (Å²) < 4.78 is 26.0. The Morgan fingerprint density at radius 2 is 1.62 bits per heavy atom. The first kappa shape index (κ1) is 28.9. The predicted octanol–water partition coefficient (Wildman–Crippen LogP) is 7.81. The van der Waals surface area contributed by atoms with Gasteiger partial charge in [-0.3, -0.25) is 14.7 Å². The number of aliphatic imine (C=N–C) groups is 1. The van der Waals surface area contributed by atoms with Gasteiger partial charge in [-0.15, -0.1) is 6.58 Å². The van der Waals surface area contributed by atoms with Crippen molar-refractivity contribution in [1.82, 2.24) is 4.90 Å². The number of amidine groups is 1. The van der Waals surface area contributed by atoms with E-state index in [1.165, 1.54) is 17.8 Å². The van der Waals surface area contributed by atoms with Crippen LogP contribution in [0.3, 0.4) is 0 Å². The number of carbonyl (C=O) groups is 1. The molecule has 4 aromatic rings. The fourth-order valence-electron chi connectivity index (χ4n) is 4.58. The van der Waals surface area contributed by atoms with Gasteiger partial charge in [0.05, 0.1) is 25.1 Å². The van der Waals surface area contributed by atoms with Crippen molar-refractivity contribution in [2.75, 3.05) is 7.11 Å². The maximum Gasteiger partial charge on any atom is 0.267 e. The summed E-state index contributed by atoms with van der Waals surface area (Å²) in [6.07, 6.45) is 4.13. The van der Waals surface area contributed by atoms with Crippen molar-refractivity contribution in [3.8, 4) is 11.5 Å². The zero-order valence-electron chi connectivity index (χ0n) is 23.3. The van der Waals surface area contributed by atoms with Crippen LogP contribution in [0.1, 0.15) is 27.8 Å². The minimum Gasteiger partial charge on any atom is -0.493 e. The number of thioether (sulfide) groups is 1. The number of halogens is 1. The third-order valence-electron chi connectivity index (χ3n) is 6.68. The van der Waals surface area contributed by atoms with Crippen molar-refractivity contribution in [2.45, 2.75) is 26.1 Å². The van der Waals surface area contributed by atoms with Crippen LogP contribution in [0.4, 0.5) is 4.39 Å². The Bertz CT molecular complexity index is 1620. The van der Waals surface area contributed by atoms with Crippen molar-refractivity contribution in [2.24, 2.45) is 4.99 Å². The second-order valence-electron chi connectivity index (χ2n) is 9.66. The molecule has 0 spiro atoms. The predicted molar refractivity (Wildman–Crippen MR) is 168 cm³/mol. The van der Waals surface area contributed by atoms with Gasteiger partial charge in [0, 0.05) is 11.1 Å². The van der Waals surface area contributed by atoms with Crippen LogP contribution < -0.4 is 9.47 Å². The van der Waals surface area contributed by atoms with E-state index in [1.807, 2.05) is 78.9 Å². The third-order valence-corrected chi connectivity index (χ3v) is 7.72. The van der Waals surface area contributed by atoms with Gasteiger partial charge in [0.1, 0.15) is 12.4 Å². The summed E-state index contributed by atoms with van der Waals surface area (Å²) in [5.74, 6) is 0.570. The molecule has 1 aliphatic heterocycles. The smallest absolute Gasteiger partial charge is 0.267 e. The summed E-state index contributed by atoms with van der Waals surface area (Å²) in [5.41, 5.74) is 4.14. The van der Waals surface area contributed by atoms with E-state index in [-0.39, 0.29) is 18.3 Å². The van der Waals surface area contributed by atoms with Gasteiger partial charge in [0.25, 0.3) is 5.91 Å². The van der Waals surface area contributed by atoms with Crippen molar-refractivity contribution in [3.63, 3.8) is 0 Å². The highest BCUT2D eigenvalue weighted by Gasteiger charge is 2.33. The molecule has 4 aromatic carbocycles. The molecule has 1 aliphatic rings. The number of benzene rings is 4. The summed E-state index contributed by atoms with van der Waals surface area (Å²) >= 11 is 1.36. The molecule has 5 nitrogen and oxygen atoms in total. The molecule has 0 saturated carbocycles. The summed E-state index contributed by atoms with van der Waals surface area (Å²) in [7, 11) is 1.56. The fraction of sp³-hybridized carbons (Fsp3) is 0.143. The molecule has 1 saturated heterocycles. The molecule has 1 fully saturated rings. The third kappa shape index (κ3) is 6.98. The van der Waals surface area contributed by atoms with E-state index >= 15 is 0 Å². The molecule has 1 heterocycles. The lowest BCUT2D eigenvalue weighted by atomic mass is 10.0. The topological polar surface area (TPSA) is 51.1 Å². The molecule has 7 heteroatoms. The molecule has 0 radical (unpaired) electrons. The molecule has 0 unspecified atom stereocenters. The molecular formula is C35H31FN2O3S. The quantitative estimate of drug-likeness (QED) is 0.135. The van der Waals surface area contributed by atoms with E-state index < -0.39 is 0 Å². The molecule has 0 N–H and O–H groups in total. The Hall–Kier alpha value is -4.62. The van der Waals surface area contributed by atoms with Crippen LogP contribution in [0.2, 0.25) is 0 Å². The molecule has 212 valence electrons. The average Bonchev–Trinajstić information content (AvgIpc) is 3.30. The van der Waals surface area contributed by atoms with Crippen LogP contribution in [-0.2, 0) is 30.9 Å². The Morgan fingerprint density at radius 1 is 0.929 bits per heavy atom. The van der Waals surface area contributed by atoms with Crippen molar-refractivity contribution in [3.05, 3.63) is 148 Å². The normalized spacial score (nSPS) is 14.9. The zero-order chi connectivity index (χ0) is 29.3. The summed E-state index contributed by atoms with van der Waals surface area (Å²) in [6, 6.07) is 30.1. The molecule has 0 aromatic heterocycles. The largest absolute Gasteiger partial charge is 0.493 e. The fourth-order valence-corrected chi connectivity index (χ4v) is 5.56. The first-order valence-electron chi connectivity index (χ1n) is 13.6. The van der Waals surface area contributed by atoms with Crippen LogP contribution in [0.5, 0.6) is 11.5 Å². The first-order chi connectivity index (χ1) is 20.6. The molecule has 1 amide bonds. The van der Waals surface area contributed by atoms with Crippen LogP contribution in [-0.4, -0.2) is 23.1 Å². The molecule has 42 heavy (non-hydrogen) atoms. The van der Waals surface area contributed by atoms with Gasteiger partial charge >= 0.3 is 0 Å². The van der Waals surface area contributed by atoms with Crippen molar-refractivity contribution in [1.29, 1.82) is 0 Å². The van der Waals surface area contributed by atoms with Gasteiger partial charge < -0.3 is 9.47 Å². The second-order valence-corrected chi connectivity index (χ2v) is 10.7. The van der Waals surface area contributed by atoms with E-state index in [2.05, 4.69) is 6.58 Å². The number of allylic oxidation sites excluding steroid dienone is 1. The summed E-state index contributed by atoms with van der Waals surface area (Å²) in [5, 5.41) is 0.655. The van der Waals surface area contributed by atoms with Crippen LogP contribution >= 0.6 is 11.8 Å². The van der Waals surface area contributed by atoms with Crippen molar-refractivity contribution < 1.29 is 18.7 Å². The van der Waals surface area contributed by atoms with Crippen LogP contribution in [0, 0.1) is 5.82 Å². The lowest BCUT2D eigenvalue weighted by Crippen LogP contribution is -2.28. The van der Waals surface area contributed by atoms with Crippen LogP contribution in [0.25, 0.3) is 6.08 Å². The Kier molecular flexibility index (Phi) is 9.51. The Balaban J connectivity index is 1.46. The average molecular weight is 579 g/mol. The van der Waals surface area contributed by atoms with Gasteiger partial charge in [-0.25, -0.2) is 4.39 Å². The SMILES string of the molecule is C=CCc1cc(/C=C2/SC(=NCc3ccccc3)N(Cc3ccccc3)C2=O)cc(OC)c1OCc1ccccc1F. The van der Waals surface area contributed by atoms with Gasteiger partial charge in [-0.2, -0.15) is 0 Å². The van der Waals surface area contributed by atoms with Crippen molar-refractivity contribution >= 4 is 28.9 Å². The number of amides is 1. The van der Waals surface area contributed by atoms with Gasteiger partial charge in [0.2, 0.25) is 0 Å². The number of hydrogen-bond acceptors (Lipinski definition) is 5. The van der Waals surface area contributed by atoms with Gasteiger partial charge in [0.15, 0.2) is 16.7 Å². The number of hydrogen-bond donors (Lipinski definition) is 0. The number of rotatable bonds is 11. The monoisotopic (exact) mass is 578 g/mol. The standard InChI is InChI=1S/C35H31FN2O3S/c1-3-12-28-19-27(20-31(40-2)33(28)41-24-29-17-10-11-18-30(29)36)21-32-34(39)38(23-26-15-8-5-9-16-26)35(42-32)37-22-25-13-6-4-7-14-25/h3-11,13-21H,1,12,22-24H2,2H3/b32-21+,37-35?. The molecule has 0 aliphatic carbocycles. The summed E-state index contributed by atoms with van der Waals surface area (Å²) in [4.78, 5) is 20.8. The number of ether oxygens (including phenoxy) is 2. The molecule has 5 rings (SSSR count). The minimum atomic E-state index is -0.329. The number of methoxy groups -OCH3 is 1. The zero-order valence-corrected chi connectivity index (χ0v) is 24.1. The summed E-state index contributed by atoms with van der Waals surface area (Å²) in [6.45, 7) is 4.83. The van der Waals surface area contributed by atoms with Gasteiger partial charge in [-0.05, 0) is 59.1 Å². The minimum absolute atomic E-state index is 0.0532. The number of carbonyl (C=O) groups excluding carboxylic acids is 1. The highest BCUT2D eigenvalue weighted by molar-refractivity contribution is 8.18. The van der Waals surface area contributed by atoms with E-state index in [9.17, 15) is 9.18 Å². The van der Waals surface area contributed by atoms with E-state index in [0.29, 0.717) is 46.6 Å². The Labute approximate surface area is 250 Å².